The van der Waals surface area contributed by atoms with E-state index in [9.17, 15) is 0 Å². The van der Waals surface area contributed by atoms with E-state index in [0.717, 1.165) is 12.5 Å². The van der Waals surface area contributed by atoms with E-state index in [4.69, 9.17) is 4.74 Å². The lowest BCUT2D eigenvalue weighted by Gasteiger charge is -2.18. The average Bonchev–Trinajstić information content (AvgIpc) is 2.23. The molecule has 8 heavy (non-hydrogen) atoms. The fraction of sp³-hybridized carbons (Fsp3) is 1.00. The van der Waals surface area contributed by atoms with Crippen LogP contribution in [0, 0.1) is 5.92 Å². The van der Waals surface area contributed by atoms with Crippen LogP contribution in [0.3, 0.4) is 0 Å². The maximum absolute atomic E-state index is 5.31. The molecule has 2 rings (SSSR count). The van der Waals surface area contributed by atoms with Gasteiger partial charge >= 0.3 is 0 Å². The van der Waals surface area contributed by atoms with Crippen LogP contribution in [0.5, 0.6) is 0 Å². The van der Waals surface area contributed by atoms with Crippen molar-refractivity contribution in [3.05, 3.63) is 0 Å². The lowest BCUT2D eigenvalue weighted by atomic mass is 10.1. The molecular weight excluding hydrogens is 102 g/mol. The number of hydrogen-bond acceptors (Lipinski definition) is 2. The van der Waals surface area contributed by atoms with Crippen LogP contribution in [0.15, 0.2) is 0 Å². The highest BCUT2D eigenvalue weighted by atomic mass is 16.5. The third-order valence-corrected chi connectivity index (χ3v) is 2.18. The quantitative estimate of drug-likeness (QED) is 0.489. The molecule has 0 spiro atoms. The zero-order chi connectivity index (χ0) is 5.56. The summed E-state index contributed by atoms with van der Waals surface area (Å²) in [5, 5.41) is 3.33. The molecular formula is C6H11NO. The van der Waals surface area contributed by atoms with Crippen LogP contribution in [0.4, 0.5) is 0 Å². The van der Waals surface area contributed by atoms with E-state index in [0.29, 0.717) is 12.3 Å². The average molecular weight is 113 g/mol. The highest BCUT2D eigenvalue weighted by Gasteiger charge is 2.37. The van der Waals surface area contributed by atoms with Crippen molar-refractivity contribution in [3.63, 3.8) is 0 Å². The molecule has 2 aliphatic rings. The Bertz CT molecular complexity index is 103. The minimum atomic E-state index is 0.398. The molecule has 2 heterocycles. The van der Waals surface area contributed by atoms with E-state index in [-0.39, 0.29) is 0 Å². The van der Waals surface area contributed by atoms with Gasteiger partial charge in [-0.05, 0) is 13.3 Å². The molecule has 3 atom stereocenters. The number of rotatable bonds is 0. The molecule has 0 saturated carbocycles. The van der Waals surface area contributed by atoms with Gasteiger partial charge in [0.15, 0.2) is 0 Å². The molecule has 0 amide bonds. The first-order valence-electron chi connectivity index (χ1n) is 3.24. The Morgan fingerprint density at radius 2 is 2.50 bits per heavy atom. The van der Waals surface area contributed by atoms with Gasteiger partial charge in [-0.15, -0.1) is 0 Å². The minimum absolute atomic E-state index is 0.398. The second kappa shape index (κ2) is 1.45. The van der Waals surface area contributed by atoms with E-state index in [1.807, 2.05) is 0 Å². The largest absolute Gasteiger partial charge is 0.363 e. The van der Waals surface area contributed by atoms with Crippen molar-refractivity contribution in [2.45, 2.75) is 25.6 Å². The molecule has 2 heteroatoms. The lowest BCUT2D eigenvalue weighted by Crippen LogP contribution is -2.36. The summed E-state index contributed by atoms with van der Waals surface area (Å²) < 4.78 is 5.31. The molecule has 0 radical (unpaired) electrons. The summed E-state index contributed by atoms with van der Waals surface area (Å²) in [6.45, 7) is 3.21. The maximum Gasteiger partial charge on any atom is 0.108 e. The molecule has 2 fully saturated rings. The number of fused-ring (bicyclic) bond motifs is 2. The van der Waals surface area contributed by atoms with Crippen LogP contribution in [0.1, 0.15) is 13.3 Å². The van der Waals surface area contributed by atoms with E-state index >= 15 is 0 Å². The van der Waals surface area contributed by atoms with Crippen LogP contribution in [-0.2, 0) is 4.74 Å². The number of hydrogen-bond donors (Lipinski definition) is 1. The van der Waals surface area contributed by atoms with Crippen molar-refractivity contribution < 1.29 is 4.74 Å². The monoisotopic (exact) mass is 113 g/mol. The Kier molecular flexibility index (Phi) is 0.866. The number of nitrogens with one attached hydrogen (secondary N) is 1. The zero-order valence-corrected chi connectivity index (χ0v) is 5.05. The molecule has 2 bridgehead atoms. The summed E-state index contributed by atoms with van der Waals surface area (Å²) in [5.41, 5.74) is 0. The Morgan fingerprint density at radius 3 is 2.75 bits per heavy atom. The van der Waals surface area contributed by atoms with Crippen molar-refractivity contribution >= 4 is 0 Å². The van der Waals surface area contributed by atoms with Gasteiger partial charge in [0.05, 0.1) is 6.61 Å². The topological polar surface area (TPSA) is 21.3 Å². The Labute approximate surface area is 49.2 Å². The second-order valence-corrected chi connectivity index (χ2v) is 2.77. The van der Waals surface area contributed by atoms with Gasteiger partial charge in [0, 0.05) is 12.0 Å². The van der Waals surface area contributed by atoms with Gasteiger partial charge < -0.3 is 4.74 Å². The standard InChI is InChI=1S/C6H11NO/c1-4-5-2-6(7-4)8-3-5/h4-7H,2-3H2,1H3. The molecule has 0 aromatic carbocycles. The van der Waals surface area contributed by atoms with Crippen LogP contribution >= 0.6 is 0 Å². The third-order valence-electron chi connectivity index (χ3n) is 2.18. The lowest BCUT2D eigenvalue weighted by molar-refractivity contribution is 0.0470. The summed E-state index contributed by atoms with van der Waals surface area (Å²) >= 11 is 0. The van der Waals surface area contributed by atoms with E-state index in [2.05, 4.69) is 12.2 Å². The molecule has 2 saturated heterocycles. The summed E-state index contributed by atoms with van der Waals surface area (Å²) in [6, 6.07) is 0.703. The van der Waals surface area contributed by atoms with Crippen molar-refractivity contribution in [2.75, 3.05) is 6.61 Å². The molecule has 0 aromatic rings. The second-order valence-electron chi connectivity index (χ2n) is 2.77. The molecule has 0 aliphatic carbocycles. The van der Waals surface area contributed by atoms with Crippen LogP contribution in [0.2, 0.25) is 0 Å². The van der Waals surface area contributed by atoms with Crippen molar-refractivity contribution in [2.24, 2.45) is 5.92 Å². The van der Waals surface area contributed by atoms with Crippen LogP contribution in [0.25, 0.3) is 0 Å². The summed E-state index contributed by atoms with van der Waals surface area (Å²) in [4.78, 5) is 0. The van der Waals surface area contributed by atoms with Gasteiger partial charge in [0.2, 0.25) is 0 Å². The summed E-state index contributed by atoms with van der Waals surface area (Å²) in [6.07, 6.45) is 1.64. The first kappa shape index (κ1) is 4.77. The van der Waals surface area contributed by atoms with E-state index in [1.165, 1.54) is 6.42 Å². The molecule has 0 aromatic heterocycles. The normalized spacial score (nSPS) is 52.9. The predicted molar refractivity (Wildman–Crippen MR) is 30.4 cm³/mol. The fourth-order valence-corrected chi connectivity index (χ4v) is 1.54. The first-order chi connectivity index (χ1) is 3.86. The van der Waals surface area contributed by atoms with Gasteiger partial charge in [-0.25, -0.2) is 0 Å². The van der Waals surface area contributed by atoms with Gasteiger partial charge in [-0.1, -0.05) is 0 Å². The predicted octanol–water partition coefficient (Wildman–Crippen LogP) is 0.341. The Morgan fingerprint density at radius 1 is 1.62 bits per heavy atom. The maximum atomic E-state index is 5.31. The van der Waals surface area contributed by atoms with Crippen molar-refractivity contribution in [1.82, 2.24) is 5.32 Å². The van der Waals surface area contributed by atoms with Crippen LogP contribution < -0.4 is 5.32 Å². The van der Waals surface area contributed by atoms with Gasteiger partial charge in [-0.2, -0.15) is 0 Å². The Hall–Kier alpha value is -0.0800. The van der Waals surface area contributed by atoms with Gasteiger partial charge in [-0.3, -0.25) is 5.32 Å². The SMILES string of the molecule is CC1NC2CC1CO2. The van der Waals surface area contributed by atoms with E-state index < -0.39 is 0 Å². The minimum Gasteiger partial charge on any atom is -0.363 e. The molecule has 1 N–H and O–H groups in total. The highest BCUT2D eigenvalue weighted by Crippen LogP contribution is 2.27. The Balaban J connectivity index is 2.11. The van der Waals surface area contributed by atoms with Gasteiger partial charge in [0.1, 0.15) is 6.23 Å². The highest BCUT2D eigenvalue weighted by molar-refractivity contribution is 4.88. The van der Waals surface area contributed by atoms with Crippen LogP contribution in [-0.4, -0.2) is 18.9 Å². The molecule has 2 nitrogen and oxygen atoms in total. The van der Waals surface area contributed by atoms with Crippen molar-refractivity contribution in [1.29, 1.82) is 0 Å². The summed E-state index contributed by atoms with van der Waals surface area (Å²) in [7, 11) is 0. The third kappa shape index (κ3) is 0.501. The fourth-order valence-electron chi connectivity index (χ4n) is 1.54. The molecule has 2 aliphatic heterocycles. The smallest absolute Gasteiger partial charge is 0.108 e. The number of ether oxygens (including phenoxy) is 1. The van der Waals surface area contributed by atoms with Crippen molar-refractivity contribution in [3.8, 4) is 0 Å². The zero-order valence-electron chi connectivity index (χ0n) is 5.05. The summed E-state index contributed by atoms with van der Waals surface area (Å²) in [5.74, 6) is 0.806. The molecule has 46 valence electrons. The van der Waals surface area contributed by atoms with E-state index in [1.54, 1.807) is 0 Å². The molecule has 3 unspecified atom stereocenters. The first-order valence-corrected chi connectivity index (χ1v) is 3.24. The van der Waals surface area contributed by atoms with Gasteiger partial charge in [0.25, 0.3) is 0 Å².